The van der Waals surface area contributed by atoms with Crippen LogP contribution < -0.4 is 0 Å². The predicted molar refractivity (Wildman–Crippen MR) is 124 cm³/mol. The zero-order valence-corrected chi connectivity index (χ0v) is 19.5. The van der Waals surface area contributed by atoms with E-state index in [4.69, 9.17) is 0 Å². The van der Waals surface area contributed by atoms with E-state index in [1.165, 1.54) is 38.5 Å². The molecular weight excluding hydrogens is 398 g/mol. The van der Waals surface area contributed by atoms with Gasteiger partial charge in [-0.3, -0.25) is 14.5 Å². The lowest BCUT2D eigenvalue weighted by atomic mass is 9.49. The number of aromatic nitrogens is 3. The lowest BCUT2D eigenvalue weighted by Crippen LogP contribution is -2.51. The Balaban J connectivity index is 1.18. The van der Waals surface area contributed by atoms with Crippen molar-refractivity contribution in [2.75, 3.05) is 0 Å². The van der Waals surface area contributed by atoms with Crippen molar-refractivity contribution in [1.29, 1.82) is 0 Å². The summed E-state index contributed by atoms with van der Waals surface area (Å²) in [5.74, 6) is 4.36. The predicted octanol–water partition coefficient (Wildman–Crippen LogP) is 5.02. The van der Waals surface area contributed by atoms with Crippen molar-refractivity contribution in [2.24, 2.45) is 40.9 Å². The second kappa shape index (κ2) is 7.38. The number of Topliss-reactive ketones (excluding diaryl/α,β-unsaturated/α-hetero) is 1. The zero-order valence-electron chi connectivity index (χ0n) is 19.5. The van der Waals surface area contributed by atoms with Crippen molar-refractivity contribution in [3.63, 3.8) is 0 Å². The summed E-state index contributed by atoms with van der Waals surface area (Å²) in [5.41, 5.74) is 0.564. The number of rotatable bonds is 3. The van der Waals surface area contributed by atoms with Crippen LogP contribution >= 0.6 is 0 Å². The average molecular weight is 436 g/mol. The third-order valence-electron chi connectivity index (χ3n) is 10.3. The van der Waals surface area contributed by atoms with Crippen molar-refractivity contribution < 1.29 is 9.90 Å². The van der Waals surface area contributed by atoms with Gasteiger partial charge in [-0.15, -0.1) is 0 Å². The largest absolute Gasteiger partial charge is 0.390 e. The van der Waals surface area contributed by atoms with Crippen LogP contribution in [0, 0.1) is 40.9 Å². The fourth-order valence-corrected chi connectivity index (χ4v) is 8.88. The first-order valence-electron chi connectivity index (χ1n) is 12.9. The molecule has 0 bridgehead atoms. The molecule has 5 nitrogen and oxygen atoms in total. The van der Waals surface area contributed by atoms with Crippen LogP contribution in [0.4, 0.5) is 0 Å². The number of hydrogen-bond donors (Lipinski definition) is 1. The number of ketones is 1. The van der Waals surface area contributed by atoms with E-state index in [9.17, 15) is 9.90 Å². The molecule has 0 saturated heterocycles. The van der Waals surface area contributed by atoms with Gasteiger partial charge in [0.25, 0.3) is 0 Å². The van der Waals surface area contributed by atoms with Gasteiger partial charge in [0.15, 0.2) is 5.78 Å². The van der Waals surface area contributed by atoms with Crippen molar-refractivity contribution in [1.82, 2.24) is 14.8 Å². The number of carbonyl (C=O) groups excluding carboxylic acids is 1. The molecule has 8 atom stereocenters. The molecule has 0 radical (unpaired) electrons. The Kier molecular flexibility index (Phi) is 4.80. The Morgan fingerprint density at radius 2 is 1.94 bits per heavy atom. The van der Waals surface area contributed by atoms with Crippen LogP contribution in [-0.4, -0.2) is 31.3 Å². The van der Waals surface area contributed by atoms with E-state index < -0.39 is 5.60 Å². The minimum absolute atomic E-state index is 0.152. The van der Waals surface area contributed by atoms with Gasteiger partial charge in [0.2, 0.25) is 0 Å². The zero-order chi connectivity index (χ0) is 22.1. The van der Waals surface area contributed by atoms with E-state index in [1.54, 1.807) is 12.4 Å². The highest BCUT2D eigenvalue weighted by Crippen LogP contribution is 2.64. The van der Waals surface area contributed by atoms with Gasteiger partial charge in [-0.25, -0.2) is 0 Å². The fraction of sp³-hybridized carbons (Fsp3) is 0.741. The molecule has 2 heterocycles. The molecule has 0 spiro atoms. The number of carbonyl (C=O) groups is 1. The number of aliphatic hydroxyl groups is 1. The second-order valence-corrected chi connectivity index (χ2v) is 12.1. The van der Waals surface area contributed by atoms with E-state index in [1.807, 2.05) is 23.9 Å². The van der Waals surface area contributed by atoms with Crippen molar-refractivity contribution in [2.45, 2.75) is 83.8 Å². The molecule has 0 aliphatic heterocycles. The lowest BCUT2D eigenvalue weighted by molar-refractivity contribution is -0.133. The maximum Gasteiger partial charge on any atom is 0.157 e. The quantitative estimate of drug-likeness (QED) is 0.735. The molecule has 4 aliphatic carbocycles. The summed E-state index contributed by atoms with van der Waals surface area (Å²) in [4.78, 5) is 17.7. The van der Waals surface area contributed by atoms with Gasteiger partial charge < -0.3 is 5.11 Å². The topological polar surface area (TPSA) is 68.0 Å². The van der Waals surface area contributed by atoms with Crippen LogP contribution in [0.3, 0.4) is 0 Å². The van der Waals surface area contributed by atoms with Crippen LogP contribution in [0.5, 0.6) is 0 Å². The summed E-state index contributed by atoms with van der Waals surface area (Å²) in [5, 5.41) is 16.3. The molecule has 172 valence electrons. The van der Waals surface area contributed by atoms with Gasteiger partial charge in [-0.2, -0.15) is 5.10 Å². The molecule has 6 rings (SSSR count). The van der Waals surface area contributed by atoms with Crippen molar-refractivity contribution in [3.05, 3.63) is 24.7 Å². The summed E-state index contributed by atoms with van der Waals surface area (Å²) < 4.78 is 1.83. The molecule has 4 saturated carbocycles. The molecule has 0 amide bonds. The number of hydrogen-bond acceptors (Lipinski definition) is 4. The van der Waals surface area contributed by atoms with Gasteiger partial charge in [0.1, 0.15) is 5.52 Å². The van der Waals surface area contributed by atoms with E-state index in [2.05, 4.69) is 17.0 Å². The average Bonchev–Trinajstić information content (AvgIpc) is 3.32. The summed E-state index contributed by atoms with van der Waals surface area (Å²) in [7, 11) is 0. The third kappa shape index (κ3) is 3.26. The van der Waals surface area contributed by atoms with Crippen LogP contribution in [0.1, 0.15) is 71.6 Å². The van der Waals surface area contributed by atoms with Gasteiger partial charge in [0, 0.05) is 23.7 Å². The number of pyridine rings is 1. The monoisotopic (exact) mass is 435 g/mol. The van der Waals surface area contributed by atoms with Gasteiger partial charge in [0.05, 0.1) is 18.3 Å². The number of nitrogens with zero attached hydrogens (tertiary/aromatic N) is 3. The molecule has 2 aromatic heterocycles. The number of fused-ring (bicyclic) bond motifs is 6. The first-order chi connectivity index (χ1) is 15.3. The maximum absolute atomic E-state index is 13.5. The normalized spacial score (nSPS) is 43.5. The van der Waals surface area contributed by atoms with Crippen molar-refractivity contribution in [3.8, 4) is 0 Å². The molecule has 4 aliphatic rings. The molecule has 8 unspecified atom stereocenters. The Labute approximate surface area is 191 Å². The smallest absolute Gasteiger partial charge is 0.157 e. The summed E-state index contributed by atoms with van der Waals surface area (Å²) in [6, 6.07) is 1.96. The first kappa shape index (κ1) is 20.8. The van der Waals surface area contributed by atoms with E-state index in [0.29, 0.717) is 24.2 Å². The fourth-order valence-electron chi connectivity index (χ4n) is 8.88. The van der Waals surface area contributed by atoms with Crippen LogP contribution in [0.25, 0.3) is 10.9 Å². The van der Waals surface area contributed by atoms with Gasteiger partial charge in [-0.1, -0.05) is 6.92 Å². The lowest BCUT2D eigenvalue weighted by Gasteiger charge is -2.56. The van der Waals surface area contributed by atoms with Crippen LogP contribution in [0.15, 0.2) is 24.7 Å². The van der Waals surface area contributed by atoms with E-state index in [0.717, 1.165) is 47.9 Å². The van der Waals surface area contributed by atoms with E-state index in [-0.39, 0.29) is 11.3 Å². The SMILES string of the molecule is CC1(O)CCC2C(CCC3C2CCC2(C)C(C(=O)Cn4cc5ccncc5n4)CCC32)C1. The Hall–Kier alpha value is -1.75. The molecular formula is C27H37N3O2. The Morgan fingerprint density at radius 3 is 2.78 bits per heavy atom. The molecule has 32 heavy (non-hydrogen) atoms. The molecule has 0 aromatic carbocycles. The second-order valence-electron chi connectivity index (χ2n) is 12.1. The Morgan fingerprint density at radius 1 is 1.09 bits per heavy atom. The highest BCUT2D eigenvalue weighted by Gasteiger charge is 2.58. The Bertz CT molecular complexity index is 996. The highest BCUT2D eigenvalue weighted by molar-refractivity contribution is 5.83. The minimum Gasteiger partial charge on any atom is -0.390 e. The van der Waals surface area contributed by atoms with Crippen LogP contribution in [-0.2, 0) is 11.3 Å². The summed E-state index contributed by atoms with van der Waals surface area (Å²) in [6.45, 7) is 4.86. The maximum atomic E-state index is 13.5. The standard InChI is InChI=1S/C27H37N3O2/c1-26(32)10-7-19-17(13-26)3-4-21-20(19)8-11-27(2)22(21)5-6-23(27)25(31)16-30-15-18-9-12-28-14-24(18)29-30/h9,12,14-15,17,19-23,32H,3-8,10-11,13,16H2,1-2H3. The van der Waals surface area contributed by atoms with Crippen molar-refractivity contribution >= 4 is 16.7 Å². The van der Waals surface area contributed by atoms with Gasteiger partial charge >= 0.3 is 0 Å². The minimum atomic E-state index is -0.449. The third-order valence-corrected chi connectivity index (χ3v) is 10.3. The summed E-state index contributed by atoms with van der Waals surface area (Å²) in [6.07, 6.45) is 16.0. The van der Waals surface area contributed by atoms with Gasteiger partial charge in [-0.05, 0) is 106 Å². The molecule has 2 aromatic rings. The molecule has 1 N–H and O–H groups in total. The molecule has 4 fully saturated rings. The van der Waals surface area contributed by atoms with E-state index >= 15 is 0 Å². The summed E-state index contributed by atoms with van der Waals surface area (Å²) >= 11 is 0. The molecule has 5 heteroatoms. The first-order valence-corrected chi connectivity index (χ1v) is 12.9. The van der Waals surface area contributed by atoms with Crippen LogP contribution in [0.2, 0.25) is 0 Å². The highest BCUT2D eigenvalue weighted by atomic mass is 16.3.